The third kappa shape index (κ3) is 11.9. The number of benzene rings is 8. The summed E-state index contributed by atoms with van der Waals surface area (Å²) < 4.78 is 24.5. The van der Waals surface area contributed by atoms with Crippen LogP contribution in [-0.2, 0) is 0 Å². The van der Waals surface area contributed by atoms with Crippen LogP contribution < -0.4 is 0 Å². The zero-order valence-corrected chi connectivity index (χ0v) is 60.5. The summed E-state index contributed by atoms with van der Waals surface area (Å²) in [7, 11) is 0. The topological polar surface area (TPSA) is 209 Å². The summed E-state index contributed by atoms with van der Waals surface area (Å²) in [5, 5.41) is 9.92. The Morgan fingerprint density at radius 2 is 0.553 bits per heavy atom. The fraction of sp³-hybridized carbons (Fsp3) is 0. The summed E-state index contributed by atoms with van der Waals surface area (Å²) >= 11 is 0. The van der Waals surface area contributed by atoms with Crippen molar-refractivity contribution in [3.8, 4) is 108 Å². The Kier molecular flexibility index (Phi) is 16.3. The first-order valence-corrected chi connectivity index (χ1v) is 37.0. The minimum absolute atomic E-state index is 0.533. The van der Waals surface area contributed by atoms with Crippen molar-refractivity contribution in [2.75, 3.05) is 0 Å². The van der Waals surface area contributed by atoms with Crippen LogP contribution in [0.2, 0.25) is 0 Å². The van der Waals surface area contributed by atoms with Gasteiger partial charge in [-0.3, -0.25) is 34.5 Å². The number of pyridine rings is 7. The van der Waals surface area contributed by atoms with E-state index in [0.717, 1.165) is 177 Å². The van der Waals surface area contributed by atoms with E-state index >= 15 is 0 Å². The molecule has 536 valence electrons. The van der Waals surface area contributed by atoms with Gasteiger partial charge < -0.3 is 22.4 Å². The molecule has 114 heavy (non-hydrogen) atoms. The number of nitrogens with zero attached hydrogens (tertiary/aromatic N) is 15. The van der Waals surface area contributed by atoms with Crippen molar-refractivity contribution in [2.45, 2.75) is 0 Å². The number of para-hydroxylation sites is 3. The van der Waals surface area contributed by atoms with E-state index in [9.17, 15) is 0 Å². The summed E-state index contributed by atoms with van der Waals surface area (Å²) in [5.41, 5.74) is 23.5. The van der Waals surface area contributed by atoms with E-state index in [4.69, 9.17) is 43.2 Å². The molecule has 0 spiro atoms. The summed E-state index contributed by atoms with van der Waals surface area (Å²) in [6.45, 7) is 0. The Morgan fingerprint density at radius 1 is 0.211 bits per heavy atom. The van der Waals surface area contributed by atoms with Crippen molar-refractivity contribution < 1.29 is 13.3 Å². The lowest BCUT2D eigenvalue weighted by atomic mass is 10.0. The summed E-state index contributed by atoms with van der Waals surface area (Å²) in [6.07, 6.45) is 26.5. The van der Waals surface area contributed by atoms with Crippen LogP contribution in [0.1, 0.15) is 0 Å². The minimum atomic E-state index is 0.533. The predicted octanol–water partition coefficient (Wildman–Crippen LogP) is 22.7. The predicted molar refractivity (Wildman–Crippen MR) is 449 cm³/mol. The van der Waals surface area contributed by atoms with Gasteiger partial charge in [0.2, 0.25) is 5.95 Å². The van der Waals surface area contributed by atoms with E-state index < -0.39 is 0 Å². The van der Waals surface area contributed by atoms with Gasteiger partial charge in [-0.2, -0.15) is 9.97 Å². The normalized spacial score (nSPS) is 11.5. The molecule has 0 saturated heterocycles. The number of rotatable bonds is 11. The van der Waals surface area contributed by atoms with Gasteiger partial charge in [-0.15, -0.1) is 0 Å². The van der Waals surface area contributed by atoms with E-state index in [2.05, 4.69) is 201 Å². The molecule has 0 atom stereocenters. The highest BCUT2D eigenvalue weighted by molar-refractivity contribution is 6.22. The van der Waals surface area contributed by atoms with E-state index in [1.165, 1.54) is 5.39 Å². The van der Waals surface area contributed by atoms with Gasteiger partial charge in [0.25, 0.3) is 0 Å². The van der Waals surface area contributed by atoms with E-state index in [1.807, 2.05) is 122 Å². The Morgan fingerprint density at radius 3 is 0.982 bits per heavy atom. The zero-order valence-electron chi connectivity index (χ0n) is 60.5. The maximum absolute atomic E-state index is 5.96. The van der Waals surface area contributed by atoms with Gasteiger partial charge in [-0.1, -0.05) is 78.9 Å². The molecule has 0 unspecified atom stereocenters. The average Bonchev–Trinajstić information content (AvgIpc) is 1.58. The molecule has 18 nitrogen and oxygen atoms in total. The molecule has 8 aromatic carbocycles. The Bertz CT molecular complexity index is 7070. The van der Waals surface area contributed by atoms with Crippen LogP contribution in [0.15, 0.2) is 373 Å². The number of fused-ring (bicyclic) bond motifs is 15. The second kappa shape index (κ2) is 28.2. The molecule has 0 aliphatic carbocycles. The second-order valence-corrected chi connectivity index (χ2v) is 27.3. The molecule has 0 saturated carbocycles. The standard InChI is InChI=1S/C35H22N4O.C34H21N5O.C27H16N6O/c1-2-7-32-29(6-1)34-33(9-8-25-14-19-40-35(25)34)39(32)28-5-3-4-26(20-28)31-22-27(23-10-15-36-16-11-23)21-30(38-31)24-12-17-37-18-13-24;1-2-7-30-27(6-1)32-31(9-8-24-14-19-40-33(24)32)39(30)26-5-3-4-25(20-26)34-37-28(22-10-15-35-16-11-22)21-29(38-34)23-12-17-36-18-13-23;1-2-4-21-20(3-1)23-22(6-5-17-11-16-34-24(17)23)33(21)27-31-25(18-7-12-28-13-8-18)30-26(32-27)19-9-14-29-15-10-19/h1-22H;1-21H;1-16H. The summed E-state index contributed by atoms with van der Waals surface area (Å²) in [5.74, 6) is 2.33. The number of furan rings is 3. The molecule has 23 aromatic rings. The highest BCUT2D eigenvalue weighted by Crippen LogP contribution is 2.43. The van der Waals surface area contributed by atoms with E-state index in [-0.39, 0.29) is 0 Å². The molecule has 15 heterocycles. The molecule has 0 amide bonds. The van der Waals surface area contributed by atoms with Crippen LogP contribution in [-0.4, -0.2) is 73.5 Å². The number of hydrogen-bond donors (Lipinski definition) is 0. The first-order chi connectivity index (χ1) is 56.5. The van der Waals surface area contributed by atoms with Gasteiger partial charge in [0, 0.05) is 157 Å². The minimum Gasteiger partial charge on any atom is -0.464 e. The van der Waals surface area contributed by atoms with Gasteiger partial charge in [0.05, 0.1) is 90.8 Å². The third-order valence-corrected chi connectivity index (χ3v) is 20.7. The fourth-order valence-electron chi connectivity index (χ4n) is 15.5. The molecule has 0 bridgehead atoms. The van der Waals surface area contributed by atoms with Crippen LogP contribution >= 0.6 is 0 Å². The van der Waals surface area contributed by atoms with Crippen molar-refractivity contribution in [3.05, 3.63) is 360 Å². The van der Waals surface area contributed by atoms with Gasteiger partial charge in [-0.05, 0) is 199 Å². The number of hydrogen-bond acceptors (Lipinski definition) is 15. The third-order valence-electron chi connectivity index (χ3n) is 20.7. The lowest BCUT2D eigenvalue weighted by molar-refractivity contribution is 0.619. The van der Waals surface area contributed by atoms with Gasteiger partial charge >= 0.3 is 0 Å². The molecule has 0 radical (unpaired) electrons. The van der Waals surface area contributed by atoms with Crippen LogP contribution in [0, 0.1) is 0 Å². The summed E-state index contributed by atoms with van der Waals surface area (Å²) in [4.78, 5) is 54.7. The quantitative estimate of drug-likeness (QED) is 0.118. The molecule has 23 rings (SSSR count). The van der Waals surface area contributed by atoms with Crippen molar-refractivity contribution in [2.24, 2.45) is 0 Å². The molecular formula is C96H59N15O3. The average molecular weight is 1470 g/mol. The van der Waals surface area contributed by atoms with Gasteiger partial charge in [-0.25, -0.2) is 19.9 Å². The van der Waals surface area contributed by atoms with Gasteiger partial charge in [0.1, 0.15) is 16.7 Å². The highest BCUT2D eigenvalue weighted by atomic mass is 16.3. The molecule has 0 N–H and O–H groups in total. The van der Waals surface area contributed by atoms with Crippen LogP contribution in [0.4, 0.5) is 0 Å². The Hall–Kier alpha value is -16.1. The van der Waals surface area contributed by atoms with Crippen molar-refractivity contribution in [3.63, 3.8) is 0 Å². The first-order valence-electron chi connectivity index (χ1n) is 37.0. The van der Waals surface area contributed by atoms with Crippen LogP contribution in [0.3, 0.4) is 0 Å². The summed E-state index contributed by atoms with van der Waals surface area (Å²) in [6, 6.07) is 90.7. The molecule has 0 fully saturated rings. The maximum Gasteiger partial charge on any atom is 0.238 e. The smallest absolute Gasteiger partial charge is 0.238 e. The van der Waals surface area contributed by atoms with E-state index in [1.54, 1.807) is 80.8 Å². The van der Waals surface area contributed by atoms with Crippen LogP contribution in [0.25, 0.3) is 206 Å². The first kappa shape index (κ1) is 66.1. The van der Waals surface area contributed by atoms with Gasteiger partial charge in [0.15, 0.2) is 17.5 Å². The Balaban J connectivity index is 0.000000108. The highest BCUT2D eigenvalue weighted by Gasteiger charge is 2.24. The van der Waals surface area contributed by atoms with Crippen molar-refractivity contribution in [1.82, 2.24) is 73.5 Å². The molecule has 0 aliphatic heterocycles. The molecule has 18 heteroatoms. The largest absolute Gasteiger partial charge is 0.464 e. The van der Waals surface area contributed by atoms with Crippen molar-refractivity contribution >= 4 is 98.3 Å². The monoisotopic (exact) mass is 1470 g/mol. The second-order valence-electron chi connectivity index (χ2n) is 27.3. The van der Waals surface area contributed by atoms with Crippen molar-refractivity contribution in [1.29, 1.82) is 0 Å². The molecule has 0 aliphatic rings. The van der Waals surface area contributed by atoms with Crippen LogP contribution in [0.5, 0.6) is 0 Å². The lowest BCUT2D eigenvalue weighted by Gasteiger charge is -2.12. The maximum atomic E-state index is 5.96. The molecular weight excluding hydrogens is 1410 g/mol. The molecule has 15 aromatic heterocycles. The Labute approximate surface area is 649 Å². The zero-order chi connectivity index (χ0) is 75.4. The van der Waals surface area contributed by atoms with E-state index in [0.29, 0.717) is 23.4 Å². The fourth-order valence-corrected chi connectivity index (χ4v) is 15.5. The lowest BCUT2D eigenvalue weighted by Crippen LogP contribution is -2.06. The number of aromatic nitrogens is 15. The SMILES string of the molecule is c1cc(-c2cc(-c3ccncc3)cc(-c3ccncc3)n2)cc(-n2c3ccccc3c3c4occc4ccc32)c1.c1cc(-c2nc(-c3ccncc3)cc(-c3ccncc3)n2)cc(-n2c3ccccc3c3c4occc4ccc32)c1.c1ccc2c(c1)c1c3occc3ccc1n2-c1nc(-c2ccncc2)nc(-c2ccncc2)n1.